The molecule has 0 heterocycles. The molecule has 0 saturated carbocycles. The van der Waals surface area contributed by atoms with Crippen molar-refractivity contribution in [1.82, 2.24) is 0 Å². The third-order valence-electron chi connectivity index (χ3n) is 17.3. The smallest absolute Gasteiger partial charge is 0.108 e. The van der Waals surface area contributed by atoms with E-state index in [0.29, 0.717) is 38.0 Å². The largest absolute Gasteiger partial charge is 0.396 e. The summed E-state index contributed by atoms with van der Waals surface area (Å²) in [6, 6.07) is 0. The molecule has 0 aliphatic heterocycles. The Morgan fingerprint density at radius 1 is 0.211 bits per heavy atom. The minimum atomic E-state index is -1.24. The Kier molecular flexibility index (Phi) is 358. The summed E-state index contributed by atoms with van der Waals surface area (Å²) in [5, 5.41) is 255. The van der Waals surface area contributed by atoms with Crippen molar-refractivity contribution in [2.45, 2.75) is 562 Å². The summed E-state index contributed by atoms with van der Waals surface area (Å²) in [5.74, 6) is 0.162. The van der Waals surface area contributed by atoms with Crippen LogP contribution in [0.15, 0.2) is 0 Å². The first-order valence-corrected chi connectivity index (χ1v) is 40.1. The third-order valence-corrected chi connectivity index (χ3v) is 17.3. The number of hydrogen-bond donors (Lipinski definition) is 29. The van der Waals surface area contributed by atoms with Crippen LogP contribution in [0.3, 0.4) is 0 Å². The van der Waals surface area contributed by atoms with Crippen LogP contribution < -0.4 is 0 Å². The molecule has 0 amide bonds. The molecule has 0 spiro atoms. The summed E-state index contributed by atoms with van der Waals surface area (Å²) in [6.07, 6.45) is 14.6. The Labute approximate surface area is 840 Å². The van der Waals surface area contributed by atoms with Crippen molar-refractivity contribution in [2.75, 3.05) is 106 Å². The van der Waals surface area contributed by atoms with Gasteiger partial charge in [0.25, 0.3) is 0 Å². The molecule has 0 radical (unpaired) electrons. The van der Waals surface area contributed by atoms with Gasteiger partial charge in [0, 0.05) is 54.8 Å². The average Bonchev–Trinajstić information content (AvgIpc) is 0.906. The number of hydrogen-bond acceptors (Lipinski definition) is 29. The van der Waals surface area contributed by atoms with Crippen LogP contribution in [0.25, 0.3) is 0 Å². The number of unbranched alkanes of at least 4 members (excludes halogenated alkanes) is 4. The fourth-order valence-corrected chi connectivity index (χ4v) is 9.25. The Morgan fingerprint density at radius 2 is 0.511 bits per heavy atom. The Bertz CT molecular complexity index is 1510. The zero-order valence-corrected chi connectivity index (χ0v) is 69.7. The lowest BCUT2D eigenvalue weighted by atomic mass is 9.83. The molecule has 29 N–H and O–H groups in total. The first kappa shape index (κ1) is 251. The predicted octanol–water partition coefficient (Wildman–Crippen LogP) is 19.1. The summed E-state index contributed by atoms with van der Waals surface area (Å²) in [7, 11) is 0. The topological polar surface area (TPSA) is 587 Å². The highest BCUT2D eigenvalue weighted by Crippen LogP contribution is 2.26. The van der Waals surface area contributed by atoms with Crippen molar-refractivity contribution in [3.63, 3.8) is 0 Å². The van der Waals surface area contributed by atoms with E-state index in [2.05, 4.69) is 34.6 Å². The molecule has 0 fully saturated rings. The maximum atomic E-state index is 9.21. The van der Waals surface area contributed by atoms with Crippen LogP contribution in [0.2, 0.25) is 0 Å². The fraction of sp³-hybridized carbons (Fsp3) is 1.00. The van der Waals surface area contributed by atoms with Crippen LogP contribution in [0.1, 0.15) is 483 Å². The van der Waals surface area contributed by atoms with Crippen molar-refractivity contribution in [1.29, 1.82) is 0 Å². The molecule has 0 aliphatic rings. The molecule has 0 aromatic rings. The second kappa shape index (κ2) is 190. The summed E-state index contributed by atoms with van der Waals surface area (Å²) in [6.45, 7) is 26.2. The van der Waals surface area contributed by atoms with Crippen LogP contribution in [0.4, 0.5) is 0 Å². The van der Waals surface area contributed by atoms with Gasteiger partial charge in [-0.3, -0.25) is 0 Å². The van der Waals surface area contributed by atoms with Crippen molar-refractivity contribution in [2.24, 2.45) is 28.1 Å². The molecule has 133 heavy (non-hydrogen) atoms. The SMILES string of the molecule is C.C.C.C.C.C.C.C.C.C.C.C.C.C.C.C.C.C.C.C.C.C.C.C.C.C.CCCC(C)(CO)CO.CCCC(CC)(CO)CO.CCCC(CO)(CO)CO.CCCC(CO)C(O)CO.CCCC(CO)CCO.CCCC(O)C(O)C(O)CO.CCCC(O)CC(O)C(O)CO.CCCCC(C)O.CCCCC(O)C(O)CO.CCCCC(O)CC(O)CO.CCCCC(O)CO. The molecule has 0 aromatic heterocycles. The fourth-order valence-electron chi connectivity index (χ4n) is 9.25. The molecule has 29 nitrogen and oxygen atoms in total. The maximum Gasteiger partial charge on any atom is 0.108 e. The maximum absolute atomic E-state index is 9.21. The van der Waals surface area contributed by atoms with Crippen molar-refractivity contribution >= 4 is 0 Å². The van der Waals surface area contributed by atoms with Crippen LogP contribution in [-0.4, -0.2) is 333 Å². The van der Waals surface area contributed by atoms with Gasteiger partial charge in [0.2, 0.25) is 0 Å². The molecular formula is C104H282O29. The number of aliphatic hydroxyl groups excluding tert-OH is 29. The number of aliphatic hydroxyl groups is 29. The van der Waals surface area contributed by atoms with Gasteiger partial charge in [-0.25, -0.2) is 0 Å². The van der Waals surface area contributed by atoms with Crippen molar-refractivity contribution in [3.8, 4) is 0 Å². The molecule has 15 atom stereocenters. The molecule has 0 aliphatic carbocycles. The Hall–Kier alpha value is -1.16. The van der Waals surface area contributed by atoms with E-state index < -0.39 is 91.9 Å². The van der Waals surface area contributed by atoms with E-state index in [0.717, 1.165) is 141 Å². The standard InChI is InChI=1S/C8H18O4.C8H18O3.C8H18O2.C7H16O4.3C7H16O3.2C7H16O2.C6H14O2.C6H14O.26CH4/c1-2-3-6(10)4-7(11)8(12)5-9;1-2-3-4-7(10)5-8(11)6-9;1-3-5-8(4-2,6-9)7-10;1-2-3-5(9)7(11)6(10)4-8;1-2-3-7(4-8,5-9)6-10;1-2-3-6(4-8)7(10)5-9;1-2-3-4-6(9)7(10)5-8;1-3-4-7(2,5-8)6-9;1-2-3-7(6-9)4-5-8;1-2-3-4-6(8)5-7;1-3-4-5-6(2)7;;;;;;;;;;;;;;;;;;;;;;;;;;/h6-12H,2-5H2,1H3;7-11H,2-6H2,1H3;9-10H,3-7H2,1-2H3;5-11H,2-4H2,1H3;8-10H,2-6H2,1H3;2*6-10H,2-5H2,1H3;8-9H,3-6H2,1-2H3;7-9H,2-6H2,1H3;6-8H,2-5H2,1H3;6-7H,3-5H2,1-2H3;26*1H4. The van der Waals surface area contributed by atoms with Gasteiger partial charge in [-0.15, -0.1) is 0 Å². The molecule has 15 unspecified atom stereocenters. The van der Waals surface area contributed by atoms with Crippen LogP contribution in [0.5, 0.6) is 0 Å². The summed E-state index contributed by atoms with van der Waals surface area (Å²) < 4.78 is 0. The van der Waals surface area contributed by atoms with Gasteiger partial charge >= 0.3 is 0 Å². The second-order valence-electron chi connectivity index (χ2n) is 28.2. The van der Waals surface area contributed by atoms with E-state index in [9.17, 15) is 10.2 Å². The first-order valence-electron chi connectivity index (χ1n) is 40.1. The van der Waals surface area contributed by atoms with Crippen LogP contribution in [0, 0.1) is 28.1 Å². The first-order chi connectivity index (χ1) is 50.5. The summed E-state index contributed by atoms with van der Waals surface area (Å²) in [4.78, 5) is 0. The highest BCUT2D eigenvalue weighted by Gasteiger charge is 2.28. The molecule has 872 valence electrons. The molecule has 0 bridgehead atoms. The molecule has 29 heteroatoms. The van der Waals surface area contributed by atoms with E-state index >= 15 is 0 Å². The minimum Gasteiger partial charge on any atom is -0.396 e. The molecular weight excluding hydrogens is 1710 g/mol. The lowest BCUT2D eigenvalue weighted by Gasteiger charge is -2.27. The van der Waals surface area contributed by atoms with E-state index in [1.54, 1.807) is 0 Å². The monoisotopic (exact) mass is 2000 g/mol. The van der Waals surface area contributed by atoms with Gasteiger partial charge < -0.3 is 148 Å². The van der Waals surface area contributed by atoms with Crippen molar-refractivity contribution in [3.05, 3.63) is 0 Å². The van der Waals surface area contributed by atoms with Gasteiger partial charge in [0.05, 0.1) is 141 Å². The average molecular weight is 2000 g/mol. The summed E-state index contributed by atoms with van der Waals surface area (Å²) >= 11 is 0. The molecule has 0 saturated heterocycles. The van der Waals surface area contributed by atoms with E-state index in [1.165, 1.54) is 6.42 Å². The van der Waals surface area contributed by atoms with Gasteiger partial charge in [-0.05, 0) is 96.3 Å². The van der Waals surface area contributed by atoms with E-state index in [1.807, 2.05) is 62.3 Å². The lowest BCUT2D eigenvalue weighted by molar-refractivity contribution is -0.0782. The van der Waals surface area contributed by atoms with Gasteiger partial charge in [-0.1, -0.05) is 379 Å². The quantitative estimate of drug-likeness (QED) is 0.0269. The normalized spacial score (nSPS) is 12.3. The van der Waals surface area contributed by atoms with E-state index in [-0.39, 0.29) is 321 Å². The second-order valence-corrected chi connectivity index (χ2v) is 28.2. The minimum absolute atomic E-state index is 0. The Morgan fingerprint density at radius 3 is 0.737 bits per heavy atom. The van der Waals surface area contributed by atoms with Gasteiger partial charge in [0.15, 0.2) is 0 Å². The summed E-state index contributed by atoms with van der Waals surface area (Å²) in [5.41, 5.74) is -1.13. The van der Waals surface area contributed by atoms with Gasteiger partial charge in [0.1, 0.15) is 24.4 Å². The number of rotatable bonds is 53. The van der Waals surface area contributed by atoms with Crippen LogP contribution in [-0.2, 0) is 0 Å². The lowest BCUT2D eigenvalue weighted by Crippen LogP contribution is -2.39. The molecule has 0 aromatic carbocycles. The zero-order valence-electron chi connectivity index (χ0n) is 69.7. The van der Waals surface area contributed by atoms with Crippen molar-refractivity contribution < 1.29 is 148 Å². The van der Waals surface area contributed by atoms with Gasteiger partial charge in [-0.2, -0.15) is 0 Å². The molecule has 0 rings (SSSR count). The van der Waals surface area contributed by atoms with E-state index in [4.69, 9.17) is 138 Å². The Balaban J connectivity index is -0.0000000214. The predicted molar refractivity (Wildman–Crippen MR) is 599 cm³/mol. The van der Waals surface area contributed by atoms with Crippen LogP contribution >= 0.6 is 0 Å². The third kappa shape index (κ3) is 180. The highest BCUT2D eigenvalue weighted by atomic mass is 16.4. The highest BCUT2D eigenvalue weighted by molar-refractivity contribution is 4.78. The zero-order chi connectivity index (χ0) is 85.7.